The van der Waals surface area contributed by atoms with Gasteiger partial charge in [0.25, 0.3) is 0 Å². The molecule has 2 atom stereocenters. The van der Waals surface area contributed by atoms with Gasteiger partial charge in [-0.25, -0.2) is 0 Å². The van der Waals surface area contributed by atoms with Crippen LogP contribution in [0.5, 0.6) is 0 Å². The lowest BCUT2D eigenvalue weighted by Crippen LogP contribution is -2.37. The van der Waals surface area contributed by atoms with Gasteiger partial charge >= 0.3 is 0 Å². The number of hydrogen-bond acceptors (Lipinski definition) is 3. The summed E-state index contributed by atoms with van der Waals surface area (Å²) in [6, 6.07) is 2.97. The number of nitrogens with two attached hydrogens (primary N) is 1. The molecule has 17 heavy (non-hydrogen) atoms. The first-order valence-corrected chi connectivity index (χ1v) is 7.79. The van der Waals surface area contributed by atoms with Gasteiger partial charge in [-0.05, 0) is 53.7 Å². The van der Waals surface area contributed by atoms with E-state index < -0.39 is 0 Å². The van der Waals surface area contributed by atoms with Gasteiger partial charge in [0.05, 0.1) is 6.04 Å². The summed E-state index contributed by atoms with van der Waals surface area (Å²) in [5.74, 6) is 0.720. The molecule has 1 aromatic rings. The third kappa shape index (κ3) is 4.05. The highest BCUT2D eigenvalue weighted by Crippen LogP contribution is 2.33. The average molecular weight is 319 g/mol. The van der Waals surface area contributed by atoms with Crippen LogP contribution in [0.25, 0.3) is 0 Å². The number of likely N-dealkylation sites (N-methyl/N-ethyl adjacent to an activating group) is 1. The molecule has 0 aliphatic heterocycles. The summed E-state index contributed by atoms with van der Waals surface area (Å²) >= 11 is 5.38. The summed E-state index contributed by atoms with van der Waals surface area (Å²) in [7, 11) is 2.18. The van der Waals surface area contributed by atoms with Gasteiger partial charge in [-0.15, -0.1) is 11.3 Å². The lowest BCUT2D eigenvalue weighted by atomic mass is 10.0. The molecule has 4 heteroatoms. The Hall–Kier alpha value is 0.100. The van der Waals surface area contributed by atoms with Crippen molar-refractivity contribution in [3.63, 3.8) is 0 Å². The van der Waals surface area contributed by atoms with Crippen molar-refractivity contribution >= 4 is 27.3 Å². The number of nitrogens with zero attached hydrogens (tertiary/aromatic N) is 1. The SMILES string of the molecule is CC(C)CC(C)N(C)C(CN)c1sccc1Br. The van der Waals surface area contributed by atoms with Gasteiger partial charge in [0.2, 0.25) is 0 Å². The Bertz CT molecular complexity index is 338. The Morgan fingerprint density at radius 3 is 2.47 bits per heavy atom. The molecule has 2 N–H and O–H groups in total. The third-order valence-electron chi connectivity index (χ3n) is 3.17. The second-order valence-electron chi connectivity index (χ2n) is 5.03. The quantitative estimate of drug-likeness (QED) is 0.862. The van der Waals surface area contributed by atoms with Gasteiger partial charge in [-0.3, -0.25) is 4.90 Å². The molecule has 0 amide bonds. The first-order valence-electron chi connectivity index (χ1n) is 6.12. The van der Waals surface area contributed by atoms with Crippen LogP contribution in [0.4, 0.5) is 0 Å². The van der Waals surface area contributed by atoms with Crippen LogP contribution in [0, 0.1) is 5.92 Å². The fourth-order valence-electron chi connectivity index (χ4n) is 2.16. The summed E-state index contributed by atoms with van der Waals surface area (Å²) in [6.07, 6.45) is 1.20. The second kappa shape index (κ2) is 6.88. The summed E-state index contributed by atoms with van der Waals surface area (Å²) in [4.78, 5) is 3.74. The molecule has 0 aliphatic rings. The highest BCUT2D eigenvalue weighted by Gasteiger charge is 2.23. The predicted octanol–water partition coefficient (Wildman–Crippen LogP) is 3.88. The van der Waals surface area contributed by atoms with Gasteiger partial charge in [0.15, 0.2) is 0 Å². The van der Waals surface area contributed by atoms with E-state index in [4.69, 9.17) is 5.73 Å². The van der Waals surface area contributed by atoms with Crippen LogP contribution in [0.3, 0.4) is 0 Å². The van der Waals surface area contributed by atoms with E-state index in [0.29, 0.717) is 18.6 Å². The van der Waals surface area contributed by atoms with Crippen LogP contribution < -0.4 is 5.73 Å². The van der Waals surface area contributed by atoms with Crippen LogP contribution >= 0.6 is 27.3 Å². The minimum absolute atomic E-state index is 0.318. The van der Waals surface area contributed by atoms with Gasteiger partial charge in [-0.1, -0.05) is 13.8 Å². The monoisotopic (exact) mass is 318 g/mol. The van der Waals surface area contributed by atoms with E-state index in [1.165, 1.54) is 15.8 Å². The molecule has 0 radical (unpaired) electrons. The smallest absolute Gasteiger partial charge is 0.0575 e. The molecule has 0 aromatic carbocycles. The van der Waals surface area contributed by atoms with Crippen molar-refractivity contribution in [1.82, 2.24) is 4.90 Å². The fraction of sp³-hybridized carbons (Fsp3) is 0.692. The zero-order valence-electron chi connectivity index (χ0n) is 11.1. The maximum atomic E-state index is 5.95. The first kappa shape index (κ1) is 15.2. The summed E-state index contributed by atoms with van der Waals surface area (Å²) in [5, 5.41) is 2.11. The molecule has 0 aliphatic carbocycles. The van der Waals surface area contributed by atoms with Crippen molar-refractivity contribution < 1.29 is 0 Å². The molecule has 2 nitrogen and oxygen atoms in total. The van der Waals surface area contributed by atoms with Crippen molar-refractivity contribution in [1.29, 1.82) is 0 Å². The normalized spacial score (nSPS) is 15.5. The Balaban J connectivity index is 2.77. The van der Waals surface area contributed by atoms with Crippen molar-refractivity contribution in [2.45, 2.75) is 39.3 Å². The van der Waals surface area contributed by atoms with Crippen molar-refractivity contribution in [3.05, 3.63) is 20.8 Å². The topological polar surface area (TPSA) is 29.3 Å². The summed E-state index contributed by atoms with van der Waals surface area (Å²) in [5.41, 5.74) is 5.95. The minimum atomic E-state index is 0.318. The van der Waals surface area contributed by atoms with E-state index in [2.05, 4.69) is 60.1 Å². The summed E-state index contributed by atoms with van der Waals surface area (Å²) < 4.78 is 1.18. The number of thiophene rings is 1. The first-order chi connectivity index (χ1) is 7.97. The molecule has 1 aromatic heterocycles. The molecule has 2 unspecified atom stereocenters. The van der Waals surface area contributed by atoms with Crippen LogP contribution in [-0.2, 0) is 0 Å². The standard InChI is InChI=1S/C13H23BrN2S/c1-9(2)7-10(3)16(4)12(8-15)13-11(14)5-6-17-13/h5-6,9-10,12H,7-8,15H2,1-4H3. The van der Waals surface area contributed by atoms with E-state index in [0.717, 1.165) is 5.92 Å². The maximum absolute atomic E-state index is 5.95. The minimum Gasteiger partial charge on any atom is -0.329 e. The number of hydrogen-bond donors (Lipinski definition) is 1. The van der Waals surface area contributed by atoms with Gasteiger partial charge in [0, 0.05) is 21.9 Å². The van der Waals surface area contributed by atoms with Crippen molar-refractivity contribution in [2.75, 3.05) is 13.6 Å². The molecular weight excluding hydrogens is 296 g/mol. The molecule has 0 bridgehead atoms. The molecule has 1 heterocycles. The lowest BCUT2D eigenvalue weighted by Gasteiger charge is -2.33. The van der Waals surface area contributed by atoms with Gasteiger partial charge in [-0.2, -0.15) is 0 Å². The Morgan fingerprint density at radius 1 is 1.41 bits per heavy atom. The average Bonchev–Trinajstić information content (AvgIpc) is 2.65. The van der Waals surface area contributed by atoms with Crippen LogP contribution in [0.15, 0.2) is 15.9 Å². The molecule has 0 spiro atoms. The van der Waals surface area contributed by atoms with Crippen molar-refractivity contribution in [3.8, 4) is 0 Å². The number of rotatable bonds is 6. The Morgan fingerprint density at radius 2 is 2.06 bits per heavy atom. The van der Waals surface area contributed by atoms with E-state index in [-0.39, 0.29) is 0 Å². The van der Waals surface area contributed by atoms with Gasteiger partial charge in [0.1, 0.15) is 0 Å². The number of halogens is 1. The second-order valence-corrected chi connectivity index (χ2v) is 6.83. The van der Waals surface area contributed by atoms with Crippen LogP contribution in [0.1, 0.15) is 38.1 Å². The summed E-state index contributed by atoms with van der Waals surface area (Å²) in [6.45, 7) is 7.48. The van der Waals surface area contributed by atoms with Gasteiger partial charge < -0.3 is 5.73 Å². The van der Waals surface area contributed by atoms with Crippen LogP contribution in [-0.4, -0.2) is 24.5 Å². The third-order valence-corrected chi connectivity index (χ3v) is 5.14. The molecular formula is C13H23BrN2S. The molecule has 0 saturated heterocycles. The fourth-order valence-corrected chi connectivity index (χ4v) is 3.96. The lowest BCUT2D eigenvalue weighted by molar-refractivity contribution is 0.170. The van der Waals surface area contributed by atoms with Crippen molar-refractivity contribution in [2.24, 2.45) is 11.7 Å². The van der Waals surface area contributed by atoms with E-state index in [1.807, 2.05) is 0 Å². The largest absolute Gasteiger partial charge is 0.329 e. The van der Waals surface area contributed by atoms with Crippen LogP contribution in [0.2, 0.25) is 0 Å². The van der Waals surface area contributed by atoms with E-state index >= 15 is 0 Å². The highest BCUT2D eigenvalue weighted by atomic mass is 79.9. The maximum Gasteiger partial charge on any atom is 0.0575 e. The van der Waals surface area contributed by atoms with E-state index in [1.54, 1.807) is 11.3 Å². The Kier molecular flexibility index (Phi) is 6.13. The Labute approximate surface area is 117 Å². The molecule has 98 valence electrons. The highest BCUT2D eigenvalue weighted by molar-refractivity contribution is 9.10. The molecule has 0 saturated carbocycles. The zero-order chi connectivity index (χ0) is 13.0. The predicted molar refractivity (Wildman–Crippen MR) is 80.5 cm³/mol. The van der Waals surface area contributed by atoms with E-state index in [9.17, 15) is 0 Å². The molecule has 0 fully saturated rings. The zero-order valence-corrected chi connectivity index (χ0v) is 13.5. The molecule has 1 rings (SSSR count).